The third kappa shape index (κ3) is 4.99. The Kier molecular flexibility index (Phi) is 7.15. The number of ether oxygens (including phenoxy) is 1. The molecule has 1 aromatic heterocycles. The van der Waals surface area contributed by atoms with Crippen LogP contribution in [0.2, 0.25) is 0 Å². The Balaban J connectivity index is 1.38. The quantitative estimate of drug-likeness (QED) is 0.498. The number of rotatable bonds is 8. The lowest BCUT2D eigenvalue weighted by atomic mass is 9.89. The highest BCUT2D eigenvalue weighted by Gasteiger charge is 2.17. The van der Waals surface area contributed by atoms with Crippen LogP contribution in [-0.4, -0.2) is 33.5 Å². The summed E-state index contributed by atoms with van der Waals surface area (Å²) in [6.45, 7) is 4.83. The Morgan fingerprint density at radius 1 is 1.12 bits per heavy atom. The van der Waals surface area contributed by atoms with E-state index in [0.717, 1.165) is 35.3 Å². The maximum Gasteiger partial charge on any atom is 0.230 e. The number of nitrogens with zero attached hydrogens (tertiary/aromatic N) is 3. The van der Waals surface area contributed by atoms with Crippen molar-refractivity contribution in [2.45, 2.75) is 57.3 Å². The number of methoxy groups -OCH3 is 1. The van der Waals surface area contributed by atoms with Crippen molar-refractivity contribution in [1.29, 1.82) is 0 Å². The lowest BCUT2D eigenvalue weighted by molar-refractivity contribution is -0.119. The van der Waals surface area contributed by atoms with Crippen molar-refractivity contribution in [2.75, 3.05) is 12.9 Å². The smallest absolute Gasteiger partial charge is 0.230 e. The first-order chi connectivity index (χ1) is 15.6. The van der Waals surface area contributed by atoms with Gasteiger partial charge in [-0.25, -0.2) is 0 Å². The van der Waals surface area contributed by atoms with Crippen molar-refractivity contribution < 1.29 is 9.53 Å². The van der Waals surface area contributed by atoms with Crippen LogP contribution in [0.25, 0.3) is 11.4 Å². The highest BCUT2D eigenvalue weighted by Crippen LogP contribution is 2.27. The molecule has 0 saturated carbocycles. The Morgan fingerprint density at radius 2 is 1.88 bits per heavy atom. The third-order valence-electron chi connectivity index (χ3n) is 5.96. The van der Waals surface area contributed by atoms with Crippen LogP contribution in [0.15, 0.2) is 47.6 Å². The molecule has 7 heteroatoms. The predicted octanol–water partition coefficient (Wildman–Crippen LogP) is 4.82. The number of carbonyl (C=O) groups excluding carboxylic acids is 1. The van der Waals surface area contributed by atoms with Gasteiger partial charge >= 0.3 is 0 Å². The summed E-state index contributed by atoms with van der Waals surface area (Å²) in [4.78, 5) is 12.6. The highest BCUT2D eigenvalue weighted by molar-refractivity contribution is 7.99. The van der Waals surface area contributed by atoms with Crippen LogP contribution in [0.1, 0.15) is 49.4 Å². The van der Waals surface area contributed by atoms with E-state index in [1.54, 1.807) is 7.11 Å². The van der Waals surface area contributed by atoms with Crippen molar-refractivity contribution in [3.05, 3.63) is 59.2 Å². The van der Waals surface area contributed by atoms with E-state index in [1.807, 2.05) is 35.8 Å². The minimum Gasteiger partial charge on any atom is -0.497 e. The Bertz CT molecular complexity index is 1080. The van der Waals surface area contributed by atoms with Crippen LogP contribution in [-0.2, 0) is 24.2 Å². The normalized spacial score (nSPS) is 14.0. The maximum absolute atomic E-state index is 12.6. The molecule has 0 radical (unpaired) electrons. The Morgan fingerprint density at radius 3 is 2.59 bits per heavy atom. The van der Waals surface area contributed by atoms with Crippen molar-refractivity contribution in [3.8, 4) is 17.1 Å². The van der Waals surface area contributed by atoms with Gasteiger partial charge in [0, 0.05) is 12.1 Å². The average Bonchev–Trinajstić information content (AvgIpc) is 3.25. The number of benzene rings is 2. The first-order valence-corrected chi connectivity index (χ1v) is 12.2. The summed E-state index contributed by atoms with van der Waals surface area (Å²) in [7, 11) is 1.65. The molecular weight excluding hydrogens is 420 g/mol. The zero-order chi connectivity index (χ0) is 22.5. The van der Waals surface area contributed by atoms with E-state index in [9.17, 15) is 4.79 Å². The van der Waals surface area contributed by atoms with E-state index >= 15 is 0 Å². The fraction of sp³-hybridized carbons (Fsp3) is 0.400. The first-order valence-electron chi connectivity index (χ1n) is 11.2. The van der Waals surface area contributed by atoms with Crippen molar-refractivity contribution in [2.24, 2.45) is 0 Å². The molecule has 0 unspecified atom stereocenters. The number of hydrogen-bond donors (Lipinski definition) is 1. The molecule has 0 aliphatic heterocycles. The van der Waals surface area contributed by atoms with Gasteiger partial charge < -0.3 is 14.6 Å². The molecule has 0 saturated heterocycles. The van der Waals surface area contributed by atoms with Gasteiger partial charge in [-0.05, 0) is 80.5 Å². The van der Waals surface area contributed by atoms with Gasteiger partial charge in [-0.3, -0.25) is 4.79 Å². The fourth-order valence-electron chi connectivity index (χ4n) is 4.15. The molecule has 4 rings (SSSR count). The molecule has 1 N–H and O–H groups in total. The second kappa shape index (κ2) is 10.2. The summed E-state index contributed by atoms with van der Waals surface area (Å²) < 4.78 is 7.27. The monoisotopic (exact) mass is 450 g/mol. The number of thioether (sulfide) groups is 1. The Hall–Kier alpha value is -2.80. The van der Waals surface area contributed by atoms with E-state index in [2.05, 4.69) is 40.6 Å². The fourth-order valence-corrected chi connectivity index (χ4v) is 4.97. The van der Waals surface area contributed by atoms with Crippen molar-refractivity contribution in [3.63, 3.8) is 0 Å². The van der Waals surface area contributed by atoms with E-state index in [1.165, 1.54) is 47.7 Å². The summed E-state index contributed by atoms with van der Waals surface area (Å²) >= 11 is 1.42. The van der Waals surface area contributed by atoms with Crippen LogP contribution >= 0.6 is 11.8 Å². The average molecular weight is 451 g/mol. The number of carbonyl (C=O) groups is 1. The van der Waals surface area contributed by atoms with Crippen LogP contribution in [0.3, 0.4) is 0 Å². The summed E-state index contributed by atoms with van der Waals surface area (Å²) in [5.41, 5.74) is 5.03. The van der Waals surface area contributed by atoms with Gasteiger partial charge in [-0.15, -0.1) is 10.2 Å². The summed E-state index contributed by atoms with van der Waals surface area (Å²) in [5, 5.41) is 12.6. The SMILES string of the molecule is CCn1c(SCC(=O)N[C@@H](C)c2ccc3c(c2)CCCC3)nnc1-c1ccc(OC)cc1. The molecule has 0 bridgehead atoms. The summed E-state index contributed by atoms with van der Waals surface area (Å²) in [5.74, 6) is 1.89. The van der Waals surface area contributed by atoms with E-state index in [-0.39, 0.29) is 11.9 Å². The molecule has 168 valence electrons. The largest absolute Gasteiger partial charge is 0.497 e. The van der Waals surface area contributed by atoms with Crippen LogP contribution in [0.4, 0.5) is 0 Å². The topological polar surface area (TPSA) is 69.0 Å². The molecule has 32 heavy (non-hydrogen) atoms. The molecule has 3 aromatic rings. The van der Waals surface area contributed by atoms with Crippen molar-refractivity contribution >= 4 is 17.7 Å². The molecule has 1 aliphatic carbocycles. The van der Waals surface area contributed by atoms with Gasteiger partial charge in [-0.2, -0.15) is 0 Å². The number of hydrogen-bond acceptors (Lipinski definition) is 5. The molecule has 2 aromatic carbocycles. The van der Waals surface area contributed by atoms with Gasteiger partial charge in [0.2, 0.25) is 5.91 Å². The highest BCUT2D eigenvalue weighted by atomic mass is 32.2. The van der Waals surface area contributed by atoms with Gasteiger partial charge in [0.15, 0.2) is 11.0 Å². The molecule has 1 atom stereocenters. The molecule has 0 fully saturated rings. The van der Waals surface area contributed by atoms with E-state index in [4.69, 9.17) is 4.74 Å². The van der Waals surface area contributed by atoms with E-state index < -0.39 is 0 Å². The summed E-state index contributed by atoms with van der Waals surface area (Å²) in [6, 6.07) is 14.4. The molecular formula is C25H30N4O2S. The second-order valence-corrected chi connectivity index (χ2v) is 9.03. The molecule has 1 amide bonds. The number of aromatic nitrogens is 3. The second-order valence-electron chi connectivity index (χ2n) is 8.09. The molecule has 1 aliphatic rings. The minimum atomic E-state index is -0.0192. The van der Waals surface area contributed by atoms with Gasteiger partial charge in [0.1, 0.15) is 5.75 Å². The molecule has 1 heterocycles. The predicted molar refractivity (Wildman–Crippen MR) is 128 cm³/mol. The van der Waals surface area contributed by atoms with Gasteiger partial charge in [-0.1, -0.05) is 30.0 Å². The van der Waals surface area contributed by atoms with Crippen LogP contribution < -0.4 is 10.1 Å². The summed E-state index contributed by atoms with van der Waals surface area (Å²) in [6.07, 6.45) is 4.84. The van der Waals surface area contributed by atoms with Gasteiger partial charge in [0.05, 0.1) is 18.9 Å². The standard InChI is InChI=1S/C25H30N4O2S/c1-4-29-24(19-11-13-22(31-3)14-12-19)27-28-25(29)32-16-23(30)26-17(2)20-10-9-18-7-5-6-8-21(18)15-20/h9-15,17H,4-8,16H2,1-3H3,(H,26,30)/t17-/m0/s1. The van der Waals surface area contributed by atoms with Crippen molar-refractivity contribution in [1.82, 2.24) is 20.1 Å². The molecule has 0 spiro atoms. The zero-order valence-electron chi connectivity index (χ0n) is 18.9. The van der Waals surface area contributed by atoms with Gasteiger partial charge in [0.25, 0.3) is 0 Å². The maximum atomic E-state index is 12.6. The zero-order valence-corrected chi connectivity index (χ0v) is 19.7. The lowest BCUT2D eigenvalue weighted by Gasteiger charge is -2.20. The first kappa shape index (κ1) is 22.4. The van der Waals surface area contributed by atoms with E-state index in [0.29, 0.717) is 5.75 Å². The van der Waals surface area contributed by atoms with Crippen LogP contribution in [0.5, 0.6) is 5.75 Å². The molecule has 6 nitrogen and oxygen atoms in total. The minimum absolute atomic E-state index is 0.00290. The number of amides is 1. The number of aryl methyl sites for hydroxylation is 2. The third-order valence-corrected chi connectivity index (χ3v) is 6.93. The van der Waals surface area contributed by atoms with Crippen LogP contribution in [0, 0.1) is 0 Å². The number of nitrogens with one attached hydrogen (secondary N) is 1. The lowest BCUT2D eigenvalue weighted by Crippen LogP contribution is -2.28. The number of fused-ring (bicyclic) bond motifs is 1. The Labute approximate surface area is 193 Å².